The van der Waals surface area contributed by atoms with Gasteiger partial charge in [0.05, 0.1) is 5.69 Å². The first kappa shape index (κ1) is 17.5. The number of aromatic nitrogens is 2. The summed E-state index contributed by atoms with van der Waals surface area (Å²) in [4.78, 5) is 16.9. The van der Waals surface area contributed by atoms with E-state index in [4.69, 9.17) is 0 Å². The Balaban J connectivity index is 2.03. The zero-order valence-electron chi connectivity index (χ0n) is 14.0. The summed E-state index contributed by atoms with van der Waals surface area (Å²) in [6.07, 6.45) is 2.60. The molecule has 0 unspecified atom stereocenters. The predicted molar refractivity (Wildman–Crippen MR) is 91.2 cm³/mol. The minimum absolute atomic E-state index is 0.0986. The lowest BCUT2D eigenvalue weighted by molar-refractivity contribution is -0.605. The Hall–Kier alpha value is -3.29. The Morgan fingerprint density at radius 2 is 2.00 bits per heavy atom. The fourth-order valence-electron chi connectivity index (χ4n) is 2.59. The summed E-state index contributed by atoms with van der Waals surface area (Å²) in [5, 5.41) is 14.4. The van der Waals surface area contributed by atoms with Crippen LogP contribution >= 0.6 is 0 Å². The molecule has 26 heavy (non-hydrogen) atoms. The van der Waals surface area contributed by atoms with Crippen molar-refractivity contribution in [2.75, 3.05) is 5.32 Å². The largest absolute Gasteiger partial charge is 0.619 e. The molecule has 8 heteroatoms. The van der Waals surface area contributed by atoms with Crippen LogP contribution < -0.4 is 14.8 Å². The minimum atomic E-state index is -2.99. The Kier molecular flexibility index (Phi) is 4.66. The second kappa shape index (κ2) is 6.91. The number of alkyl halides is 2. The number of nitrogens with one attached hydrogen (secondary N) is 1. The number of ether oxygens (including phenoxy) is 1. The number of fused-ring (bicyclic) bond motifs is 1. The number of carbonyl (C=O) groups is 1. The van der Waals surface area contributed by atoms with Gasteiger partial charge >= 0.3 is 6.61 Å². The molecule has 0 spiro atoms. The normalized spacial score (nSPS) is 11.0. The van der Waals surface area contributed by atoms with Gasteiger partial charge in [-0.2, -0.15) is 13.5 Å². The molecule has 0 aliphatic rings. The lowest BCUT2D eigenvalue weighted by Gasteiger charge is -2.13. The van der Waals surface area contributed by atoms with Gasteiger partial charge in [-0.05, 0) is 32.0 Å². The van der Waals surface area contributed by atoms with E-state index in [-0.39, 0.29) is 16.8 Å². The van der Waals surface area contributed by atoms with Crippen LogP contribution in [0, 0.1) is 19.1 Å². The van der Waals surface area contributed by atoms with Crippen LogP contribution in [-0.4, -0.2) is 17.5 Å². The SMILES string of the molecule is Cc1ccc2c(C(=O)Nc3cc[n+]([O-])cc3C)ccc(OC(F)F)c2n1. The van der Waals surface area contributed by atoms with E-state index in [1.807, 2.05) is 0 Å². The maximum atomic E-state index is 12.7. The van der Waals surface area contributed by atoms with Gasteiger partial charge in [-0.15, -0.1) is 0 Å². The van der Waals surface area contributed by atoms with Crippen LogP contribution in [0.3, 0.4) is 0 Å². The molecule has 3 rings (SSSR count). The quantitative estimate of drug-likeness (QED) is 0.572. The number of anilines is 1. The number of rotatable bonds is 4. The highest BCUT2D eigenvalue weighted by Gasteiger charge is 2.17. The molecule has 6 nitrogen and oxygen atoms in total. The third-order valence-corrected chi connectivity index (χ3v) is 3.80. The number of benzene rings is 1. The molecule has 0 aliphatic carbocycles. The molecule has 0 saturated carbocycles. The van der Waals surface area contributed by atoms with Crippen LogP contribution in [0.15, 0.2) is 42.7 Å². The number of carbonyl (C=O) groups excluding carboxylic acids is 1. The molecule has 1 aromatic carbocycles. The lowest BCUT2D eigenvalue weighted by Crippen LogP contribution is -2.25. The number of halogens is 2. The monoisotopic (exact) mass is 359 g/mol. The van der Waals surface area contributed by atoms with E-state index in [0.29, 0.717) is 27.1 Å². The van der Waals surface area contributed by atoms with Crippen molar-refractivity contribution in [2.24, 2.45) is 0 Å². The number of hydrogen-bond donors (Lipinski definition) is 1. The molecular formula is C18H15F2N3O3. The first-order chi connectivity index (χ1) is 12.3. The fraction of sp³-hybridized carbons (Fsp3) is 0.167. The Bertz CT molecular complexity index is 993. The van der Waals surface area contributed by atoms with Crippen molar-refractivity contribution in [3.8, 4) is 5.75 Å². The smallest absolute Gasteiger partial charge is 0.387 e. The summed E-state index contributed by atoms with van der Waals surface area (Å²) in [6, 6.07) is 7.49. The highest BCUT2D eigenvalue weighted by molar-refractivity contribution is 6.13. The predicted octanol–water partition coefficient (Wildman–Crippen LogP) is 3.34. The molecule has 2 aromatic heterocycles. The van der Waals surface area contributed by atoms with E-state index in [1.165, 1.54) is 30.6 Å². The van der Waals surface area contributed by atoms with E-state index in [2.05, 4.69) is 15.0 Å². The van der Waals surface area contributed by atoms with Crippen LogP contribution in [0.25, 0.3) is 10.9 Å². The summed E-state index contributed by atoms with van der Waals surface area (Å²) in [5.41, 5.74) is 2.11. The Morgan fingerprint density at radius 3 is 2.69 bits per heavy atom. The van der Waals surface area contributed by atoms with E-state index in [9.17, 15) is 18.8 Å². The second-order valence-corrected chi connectivity index (χ2v) is 5.69. The van der Waals surface area contributed by atoms with Crippen LogP contribution in [-0.2, 0) is 0 Å². The molecule has 1 N–H and O–H groups in total. The first-order valence-corrected chi connectivity index (χ1v) is 7.71. The fourth-order valence-corrected chi connectivity index (χ4v) is 2.59. The van der Waals surface area contributed by atoms with Gasteiger partial charge in [-0.1, -0.05) is 6.07 Å². The Morgan fingerprint density at radius 1 is 1.23 bits per heavy atom. The highest BCUT2D eigenvalue weighted by Crippen LogP contribution is 2.29. The molecule has 3 aromatic rings. The van der Waals surface area contributed by atoms with Crippen molar-refractivity contribution in [3.05, 3.63) is 64.8 Å². The van der Waals surface area contributed by atoms with Gasteiger partial charge in [-0.3, -0.25) is 4.79 Å². The molecular weight excluding hydrogens is 344 g/mol. The lowest BCUT2D eigenvalue weighted by atomic mass is 10.1. The number of pyridine rings is 2. The van der Waals surface area contributed by atoms with Gasteiger partial charge < -0.3 is 15.3 Å². The van der Waals surface area contributed by atoms with Crippen molar-refractivity contribution in [2.45, 2.75) is 20.5 Å². The molecule has 2 heterocycles. The van der Waals surface area contributed by atoms with E-state index < -0.39 is 12.5 Å². The summed E-state index contributed by atoms with van der Waals surface area (Å²) in [6.45, 7) is 0.405. The van der Waals surface area contributed by atoms with E-state index in [1.54, 1.807) is 26.0 Å². The summed E-state index contributed by atoms with van der Waals surface area (Å²) >= 11 is 0. The van der Waals surface area contributed by atoms with Crippen molar-refractivity contribution in [1.82, 2.24) is 4.98 Å². The third kappa shape index (κ3) is 3.53. The maximum absolute atomic E-state index is 12.7. The maximum Gasteiger partial charge on any atom is 0.387 e. The molecule has 134 valence electrons. The molecule has 0 saturated heterocycles. The van der Waals surface area contributed by atoms with Crippen molar-refractivity contribution in [3.63, 3.8) is 0 Å². The Labute approximate surface area is 147 Å². The van der Waals surface area contributed by atoms with Gasteiger partial charge in [0.1, 0.15) is 5.52 Å². The average molecular weight is 359 g/mol. The zero-order valence-corrected chi connectivity index (χ0v) is 14.0. The van der Waals surface area contributed by atoms with Crippen molar-refractivity contribution < 1.29 is 23.0 Å². The second-order valence-electron chi connectivity index (χ2n) is 5.69. The topological polar surface area (TPSA) is 78.2 Å². The summed E-state index contributed by atoms with van der Waals surface area (Å²) in [7, 11) is 0. The number of nitrogens with zero attached hydrogens (tertiary/aromatic N) is 2. The molecule has 1 amide bonds. The van der Waals surface area contributed by atoms with E-state index >= 15 is 0 Å². The van der Waals surface area contributed by atoms with Crippen LogP contribution in [0.5, 0.6) is 5.75 Å². The summed E-state index contributed by atoms with van der Waals surface area (Å²) < 4.78 is 30.4. The van der Waals surface area contributed by atoms with Gasteiger partial charge in [0.25, 0.3) is 5.91 Å². The van der Waals surface area contributed by atoms with Crippen LogP contribution in [0.2, 0.25) is 0 Å². The van der Waals surface area contributed by atoms with Crippen molar-refractivity contribution in [1.29, 1.82) is 0 Å². The molecule has 0 fully saturated rings. The molecule has 0 aliphatic heterocycles. The molecule has 0 bridgehead atoms. The zero-order chi connectivity index (χ0) is 18.8. The van der Waals surface area contributed by atoms with Crippen molar-refractivity contribution >= 4 is 22.5 Å². The van der Waals surface area contributed by atoms with Crippen LogP contribution in [0.1, 0.15) is 21.6 Å². The van der Waals surface area contributed by atoms with Gasteiger partial charge in [0.15, 0.2) is 18.1 Å². The standard InChI is InChI=1S/C18H15F2N3O3/c1-10-9-23(25)8-7-14(10)22-17(24)13-5-6-15(26-18(19)20)16-12(13)4-3-11(2)21-16/h3-9,18H,1-2H3,(H,22,24). The highest BCUT2D eigenvalue weighted by atomic mass is 19.3. The minimum Gasteiger partial charge on any atom is -0.619 e. The number of amides is 1. The van der Waals surface area contributed by atoms with Crippen LogP contribution in [0.4, 0.5) is 14.5 Å². The number of hydrogen-bond acceptors (Lipinski definition) is 4. The first-order valence-electron chi connectivity index (χ1n) is 7.71. The van der Waals surface area contributed by atoms with Gasteiger partial charge in [0.2, 0.25) is 0 Å². The molecule has 0 radical (unpaired) electrons. The summed E-state index contributed by atoms with van der Waals surface area (Å²) in [5.74, 6) is -0.547. The number of aryl methyl sites for hydroxylation is 2. The van der Waals surface area contributed by atoms with Gasteiger partial charge in [-0.25, -0.2) is 4.98 Å². The van der Waals surface area contributed by atoms with E-state index in [0.717, 1.165) is 0 Å². The molecule has 0 atom stereocenters. The average Bonchev–Trinajstić information content (AvgIpc) is 2.57. The third-order valence-electron chi connectivity index (χ3n) is 3.80. The van der Waals surface area contributed by atoms with Gasteiger partial charge in [0, 0.05) is 28.3 Å².